The highest BCUT2D eigenvalue weighted by Gasteiger charge is 2.26. The number of thiazole rings is 1. The average molecular weight is 322 g/mol. The SMILES string of the molecule is O=C(NCC1CCCN1c1nccs1)c1ccccc1Cl. The van der Waals surface area contributed by atoms with Crippen molar-refractivity contribution in [1.82, 2.24) is 10.3 Å². The summed E-state index contributed by atoms with van der Waals surface area (Å²) in [6.07, 6.45) is 4.02. The molecule has 3 rings (SSSR count). The predicted octanol–water partition coefficient (Wildman–Crippen LogP) is 3.20. The molecule has 1 amide bonds. The number of halogens is 1. The Morgan fingerprint density at radius 1 is 1.48 bits per heavy atom. The fourth-order valence-electron chi connectivity index (χ4n) is 2.61. The summed E-state index contributed by atoms with van der Waals surface area (Å²) in [7, 11) is 0. The van der Waals surface area contributed by atoms with Crippen molar-refractivity contribution in [1.29, 1.82) is 0 Å². The van der Waals surface area contributed by atoms with E-state index in [2.05, 4.69) is 15.2 Å². The van der Waals surface area contributed by atoms with Gasteiger partial charge in [0.25, 0.3) is 5.91 Å². The van der Waals surface area contributed by atoms with Gasteiger partial charge >= 0.3 is 0 Å². The summed E-state index contributed by atoms with van der Waals surface area (Å²) >= 11 is 7.68. The zero-order valence-corrected chi connectivity index (χ0v) is 13.0. The van der Waals surface area contributed by atoms with Gasteiger partial charge in [-0.25, -0.2) is 4.98 Å². The van der Waals surface area contributed by atoms with E-state index in [1.165, 1.54) is 0 Å². The number of carbonyl (C=O) groups excluding carboxylic acids is 1. The van der Waals surface area contributed by atoms with Gasteiger partial charge in [0.2, 0.25) is 0 Å². The van der Waals surface area contributed by atoms with Gasteiger partial charge in [-0.1, -0.05) is 23.7 Å². The number of hydrogen-bond donors (Lipinski definition) is 1. The Morgan fingerprint density at radius 2 is 2.33 bits per heavy atom. The van der Waals surface area contributed by atoms with E-state index in [4.69, 9.17) is 11.6 Å². The van der Waals surface area contributed by atoms with Crippen LogP contribution >= 0.6 is 22.9 Å². The zero-order valence-electron chi connectivity index (χ0n) is 11.5. The molecule has 1 fully saturated rings. The molecule has 1 aliphatic rings. The van der Waals surface area contributed by atoms with Gasteiger partial charge < -0.3 is 10.2 Å². The number of carbonyl (C=O) groups is 1. The van der Waals surface area contributed by atoms with Crippen molar-refractivity contribution in [3.63, 3.8) is 0 Å². The Hall–Kier alpha value is -1.59. The first-order valence-corrected chi connectivity index (χ1v) is 8.20. The monoisotopic (exact) mass is 321 g/mol. The van der Waals surface area contributed by atoms with Gasteiger partial charge in [-0.2, -0.15) is 0 Å². The average Bonchev–Trinajstić information content (AvgIpc) is 3.16. The zero-order chi connectivity index (χ0) is 14.7. The highest BCUT2D eigenvalue weighted by molar-refractivity contribution is 7.13. The molecule has 1 atom stereocenters. The molecule has 0 saturated carbocycles. The second kappa shape index (κ2) is 6.45. The maximum absolute atomic E-state index is 12.2. The quantitative estimate of drug-likeness (QED) is 0.940. The van der Waals surface area contributed by atoms with Crippen LogP contribution in [-0.4, -0.2) is 30.0 Å². The second-order valence-electron chi connectivity index (χ2n) is 4.99. The molecule has 21 heavy (non-hydrogen) atoms. The van der Waals surface area contributed by atoms with Crippen LogP contribution in [-0.2, 0) is 0 Å². The molecule has 1 unspecified atom stereocenters. The molecule has 1 aromatic carbocycles. The molecular weight excluding hydrogens is 306 g/mol. The summed E-state index contributed by atoms with van der Waals surface area (Å²) in [5.74, 6) is -0.119. The molecule has 0 radical (unpaired) electrons. The number of anilines is 1. The molecule has 0 spiro atoms. The van der Waals surface area contributed by atoms with Crippen molar-refractivity contribution in [3.8, 4) is 0 Å². The molecule has 1 N–H and O–H groups in total. The molecule has 110 valence electrons. The lowest BCUT2D eigenvalue weighted by atomic mass is 10.2. The van der Waals surface area contributed by atoms with Crippen molar-refractivity contribution >= 4 is 34.0 Å². The first-order valence-electron chi connectivity index (χ1n) is 6.94. The molecule has 2 heterocycles. The minimum atomic E-state index is -0.119. The molecule has 0 aliphatic carbocycles. The maximum atomic E-state index is 12.2. The van der Waals surface area contributed by atoms with Crippen molar-refractivity contribution in [3.05, 3.63) is 46.4 Å². The highest BCUT2D eigenvalue weighted by Crippen LogP contribution is 2.26. The minimum absolute atomic E-state index is 0.119. The maximum Gasteiger partial charge on any atom is 0.252 e. The van der Waals surface area contributed by atoms with E-state index in [1.807, 2.05) is 23.7 Å². The number of nitrogens with zero attached hydrogens (tertiary/aromatic N) is 2. The van der Waals surface area contributed by atoms with Crippen LogP contribution in [0.2, 0.25) is 5.02 Å². The Kier molecular flexibility index (Phi) is 4.41. The molecule has 1 saturated heterocycles. The van der Waals surface area contributed by atoms with E-state index in [1.54, 1.807) is 23.5 Å². The fraction of sp³-hybridized carbons (Fsp3) is 0.333. The Labute approximate surface area is 132 Å². The standard InChI is InChI=1S/C15H16ClN3OS/c16-13-6-2-1-5-12(13)14(20)18-10-11-4-3-8-19(11)15-17-7-9-21-15/h1-2,5-7,9,11H,3-4,8,10H2,(H,18,20). The van der Waals surface area contributed by atoms with Crippen molar-refractivity contribution in [2.75, 3.05) is 18.0 Å². The minimum Gasteiger partial charge on any atom is -0.350 e. The second-order valence-corrected chi connectivity index (χ2v) is 6.27. The van der Waals surface area contributed by atoms with Crippen molar-refractivity contribution in [2.24, 2.45) is 0 Å². The van der Waals surface area contributed by atoms with Gasteiger partial charge in [-0.3, -0.25) is 4.79 Å². The fourth-order valence-corrected chi connectivity index (χ4v) is 3.57. The number of hydrogen-bond acceptors (Lipinski definition) is 4. The largest absolute Gasteiger partial charge is 0.350 e. The molecule has 2 aromatic rings. The van der Waals surface area contributed by atoms with E-state index < -0.39 is 0 Å². The normalized spacial score (nSPS) is 18.0. The Balaban J connectivity index is 1.62. The van der Waals surface area contributed by atoms with Gasteiger partial charge in [0.15, 0.2) is 5.13 Å². The summed E-state index contributed by atoms with van der Waals surface area (Å²) in [5.41, 5.74) is 0.526. The van der Waals surface area contributed by atoms with Gasteiger partial charge in [-0.15, -0.1) is 11.3 Å². The summed E-state index contributed by atoms with van der Waals surface area (Å²) < 4.78 is 0. The third kappa shape index (κ3) is 3.19. The molecule has 0 bridgehead atoms. The van der Waals surface area contributed by atoms with Crippen molar-refractivity contribution < 1.29 is 4.79 Å². The van der Waals surface area contributed by atoms with Gasteiger partial charge in [0.05, 0.1) is 10.6 Å². The third-order valence-electron chi connectivity index (χ3n) is 3.66. The molecule has 6 heteroatoms. The number of amides is 1. The van der Waals surface area contributed by atoms with Crippen LogP contribution in [0.1, 0.15) is 23.2 Å². The van der Waals surface area contributed by atoms with Gasteiger partial charge in [0.1, 0.15) is 0 Å². The Bertz CT molecular complexity index is 617. The lowest BCUT2D eigenvalue weighted by Crippen LogP contribution is -2.40. The molecule has 4 nitrogen and oxygen atoms in total. The summed E-state index contributed by atoms with van der Waals surface area (Å²) in [6.45, 7) is 1.61. The molecule has 1 aromatic heterocycles. The van der Waals surface area contributed by atoms with E-state index in [-0.39, 0.29) is 5.91 Å². The highest BCUT2D eigenvalue weighted by atomic mass is 35.5. The van der Waals surface area contributed by atoms with Crippen LogP contribution in [0.15, 0.2) is 35.8 Å². The molecule has 1 aliphatic heterocycles. The number of benzene rings is 1. The first kappa shape index (κ1) is 14.4. The predicted molar refractivity (Wildman–Crippen MR) is 86.3 cm³/mol. The van der Waals surface area contributed by atoms with Crippen LogP contribution in [0.25, 0.3) is 0 Å². The van der Waals surface area contributed by atoms with Gasteiger partial charge in [0, 0.05) is 30.7 Å². The van der Waals surface area contributed by atoms with E-state index in [0.717, 1.165) is 24.5 Å². The van der Waals surface area contributed by atoms with Crippen LogP contribution in [0.5, 0.6) is 0 Å². The number of rotatable bonds is 4. The summed E-state index contributed by atoms with van der Waals surface area (Å²) in [5, 5.41) is 6.48. The first-order chi connectivity index (χ1) is 10.3. The van der Waals surface area contributed by atoms with Crippen LogP contribution in [0.3, 0.4) is 0 Å². The van der Waals surface area contributed by atoms with Crippen LogP contribution < -0.4 is 10.2 Å². The van der Waals surface area contributed by atoms with E-state index in [9.17, 15) is 4.79 Å². The van der Waals surface area contributed by atoms with E-state index >= 15 is 0 Å². The number of nitrogens with one attached hydrogen (secondary N) is 1. The van der Waals surface area contributed by atoms with Gasteiger partial charge in [-0.05, 0) is 25.0 Å². The Morgan fingerprint density at radius 3 is 3.10 bits per heavy atom. The van der Waals surface area contributed by atoms with Crippen LogP contribution in [0.4, 0.5) is 5.13 Å². The number of aromatic nitrogens is 1. The topological polar surface area (TPSA) is 45.2 Å². The smallest absolute Gasteiger partial charge is 0.252 e. The van der Waals surface area contributed by atoms with Crippen molar-refractivity contribution in [2.45, 2.75) is 18.9 Å². The van der Waals surface area contributed by atoms with Crippen LogP contribution in [0, 0.1) is 0 Å². The summed E-state index contributed by atoms with van der Waals surface area (Å²) in [6, 6.07) is 7.42. The lowest BCUT2D eigenvalue weighted by Gasteiger charge is -2.24. The lowest BCUT2D eigenvalue weighted by molar-refractivity contribution is 0.0951. The summed E-state index contributed by atoms with van der Waals surface area (Å²) in [4.78, 5) is 18.8. The molecular formula is C15H16ClN3OS. The van der Waals surface area contributed by atoms with E-state index in [0.29, 0.717) is 23.2 Å². The third-order valence-corrected chi connectivity index (χ3v) is 4.80.